The molecular weight excluding hydrogens is 216 g/mol. The summed E-state index contributed by atoms with van der Waals surface area (Å²) in [7, 11) is 0. The Labute approximate surface area is 103 Å². The van der Waals surface area contributed by atoms with E-state index >= 15 is 0 Å². The van der Waals surface area contributed by atoms with Gasteiger partial charge in [-0.15, -0.1) is 0 Å². The summed E-state index contributed by atoms with van der Waals surface area (Å²) in [6.45, 7) is 4.78. The van der Waals surface area contributed by atoms with Crippen molar-refractivity contribution in [3.63, 3.8) is 0 Å². The van der Waals surface area contributed by atoms with Crippen LogP contribution >= 0.6 is 0 Å². The van der Waals surface area contributed by atoms with Gasteiger partial charge >= 0.3 is 0 Å². The van der Waals surface area contributed by atoms with Crippen LogP contribution in [0.25, 0.3) is 0 Å². The van der Waals surface area contributed by atoms with Crippen LogP contribution in [-0.2, 0) is 9.53 Å². The largest absolute Gasteiger partial charge is 0.381 e. The summed E-state index contributed by atoms with van der Waals surface area (Å²) < 4.78 is 5.32. The molecule has 98 valence electrons. The van der Waals surface area contributed by atoms with Crippen LogP contribution in [0.2, 0.25) is 0 Å². The van der Waals surface area contributed by atoms with Gasteiger partial charge in [-0.25, -0.2) is 0 Å². The lowest BCUT2D eigenvalue weighted by Crippen LogP contribution is -2.51. The summed E-state index contributed by atoms with van der Waals surface area (Å²) in [5, 5.41) is 3.11. The van der Waals surface area contributed by atoms with E-state index in [2.05, 4.69) is 12.2 Å². The minimum Gasteiger partial charge on any atom is -0.381 e. The van der Waals surface area contributed by atoms with Crippen LogP contribution in [0.1, 0.15) is 39.0 Å². The fourth-order valence-corrected chi connectivity index (χ4v) is 2.72. The molecule has 1 saturated carbocycles. The summed E-state index contributed by atoms with van der Waals surface area (Å²) in [5.74, 6) is 0.136. The number of hydrogen-bond acceptors (Lipinski definition) is 3. The van der Waals surface area contributed by atoms with Crippen molar-refractivity contribution >= 4 is 5.91 Å². The Bertz CT molecular complexity index is 281. The van der Waals surface area contributed by atoms with Crippen molar-refractivity contribution in [1.29, 1.82) is 0 Å². The number of hydrogen-bond donors (Lipinski definition) is 2. The number of amides is 1. The van der Waals surface area contributed by atoms with E-state index in [-0.39, 0.29) is 11.3 Å². The number of carbonyl (C=O) groups is 1. The van der Waals surface area contributed by atoms with Crippen molar-refractivity contribution in [1.82, 2.24) is 5.32 Å². The molecule has 3 N–H and O–H groups in total. The molecule has 2 aliphatic rings. The molecule has 0 atom stereocenters. The quantitative estimate of drug-likeness (QED) is 0.772. The van der Waals surface area contributed by atoms with Gasteiger partial charge in [0.1, 0.15) is 0 Å². The second-order valence-electron chi connectivity index (χ2n) is 5.94. The highest BCUT2D eigenvalue weighted by atomic mass is 16.5. The van der Waals surface area contributed by atoms with Crippen LogP contribution in [0.5, 0.6) is 0 Å². The van der Waals surface area contributed by atoms with Crippen LogP contribution in [0.3, 0.4) is 0 Å². The van der Waals surface area contributed by atoms with E-state index < -0.39 is 0 Å². The molecule has 0 aromatic heterocycles. The zero-order chi connectivity index (χ0) is 12.4. The third-order valence-corrected chi connectivity index (χ3v) is 4.56. The van der Waals surface area contributed by atoms with Gasteiger partial charge in [0, 0.05) is 26.3 Å². The van der Waals surface area contributed by atoms with Crippen molar-refractivity contribution in [3.8, 4) is 0 Å². The fourth-order valence-electron chi connectivity index (χ4n) is 2.72. The van der Waals surface area contributed by atoms with Gasteiger partial charge < -0.3 is 15.8 Å². The maximum absolute atomic E-state index is 12.3. The molecule has 4 nitrogen and oxygen atoms in total. The number of nitrogens with two attached hydrogens (primary N) is 1. The lowest BCUT2D eigenvalue weighted by Gasteiger charge is -2.40. The predicted octanol–water partition coefficient (Wildman–Crippen LogP) is 1.05. The molecule has 2 fully saturated rings. The van der Waals surface area contributed by atoms with Crippen LogP contribution in [0.4, 0.5) is 0 Å². The average molecular weight is 240 g/mol. The minimum atomic E-state index is -0.377. The van der Waals surface area contributed by atoms with Gasteiger partial charge in [-0.1, -0.05) is 13.3 Å². The zero-order valence-corrected chi connectivity index (χ0v) is 10.8. The van der Waals surface area contributed by atoms with E-state index in [4.69, 9.17) is 10.5 Å². The van der Waals surface area contributed by atoms with E-state index in [1.165, 1.54) is 19.3 Å². The average Bonchev–Trinajstić information content (AvgIpc) is 2.34. The Morgan fingerprint density at radius 2 is 1.94 bits per heavy atom. The molecule has 0 radical (unpaired) electrons. The van der Waals surface area contributed by atoms with Crippen molar-refractivity contribution in [3.05, 3.63) is 0 Å². The topological polar surface area (TPSA) is 64.4 Å². The van der Waals surface area contributed by atoms with Crippen LogP contribution < -0.4 is 11.1 Å². The molecule has 0 aromatic carbocycles. The van der Waals surface area contributed by atoms with Crippen LogP contribution in [0, 0.1) is 10.8 Å². The second kappa shape index (κ2) is 4.94. The van der Waals surface area contributed by atoms with E-state index in [1.54, 1.807) is 0 Å². The van der Waals surface area contributed by atoms with Gasteiger partial charge in [0.25, 0.3) is 0 Å². The molecule has 0 spiro atoms. The highest BCUT2D eigenvalue weighted by Gasteiger charge is 2.40. The SMILES string of the molecule is CC1(CNC(=O)C2(CN)CCOCC2)CCC1. The van der Waals surface area contributed by atoms with Gasteiger partial charge in [-0.2, -0.15) is 0 Å². The number of nitrogens with one attached hydrogen (secondary N) is 1. The molecule has 0 unspecified atom stereocenters. The normalized spacial score (nSPS) is 26.0. The summed E-state index contributed by atoms with van der Waals surface area (Å²) in [6.07, 6.45) is 5.26. The van der Waals surface area contributed by atoms with Gasteiger partial charge in [-0.05, 0) is 31.1 Å². The summed E-state index contributed by atoms with van der Waals surface area (Å²) in [5.41, 5.74) is 5.76. The summed E-state index contributed by atoms with van der Waals surface area (Å²) in [4.78, 5) is 12.3. The van der Waals surface area contributed by atoms with Gasteiger partial charge in [0.15, 0.2) is 0 Å². The summed E-state index contributed by atoms with van der Waals surface area (Å²) >= 11 is 0. The Hall–Kier alpha value is -0.610. The first-order chi connectivity index (χ1) is 8.10. The van der Waals surface area contributed by atoms with Gasteiger partial charge in [0.2, 0.25) is 5.91 Å². The highest BCUT2D eigenvalue weighted by molar-refractivity contribution is 5.83. The highest BCUT2D eigenvalue weighted by Crippen LogP contribution is 2.40. The van der Waals surface area contributed by atoms with E-state index in [0.717, 1.165) is 19.4 Å². The molecule has 0 aromatic rings. The molecule has 1 aliphatic carbocycles. The molecule has 17 heavy (non-hydrogen) atoms. The molecule has 0 bridgehead atoms. The van der Waals surface area contributed by atoms with Gasteiger partial charge in [-0.3, -0.25) is 4.79 Å². The van der Waals surface area contributed by atoms with E-state index in [1.807, 2.05) is 0 Å². The number of ether oxygens (including phenoxy) is 1. The van der Waals surface area contributed by atoms with Gasteiger partial charge in [0.05, 0.1) is 5.41 Å². The molecular formula is C13H24N2O2. The summed E-state index contributed by atoms with van der Waals surface area (Å²) in [6, 6.07) is 0. The third kappa shape index (κ3) is 2.63. The molecule has 1 amide bonds. The van der Waals surface area contributed by atoms with Crippen LogP contribution in [0.15, 0.2) is 0 Å². The predicted molar refractivity (Wildman–Crippen MR) is 66.5 cm³/mol. The Kier molecular flexibility index (Phi) is 3.73. The molecule has 1 saturated heterocycles. The van der Waals surface area contributed by atoms with Crippen molar-refractivity contribution in [2.75, 3.05) is 26.3 Å². The minimum absolute atomic E-state index is 0.136. The van der Waals surface area contributed by atoms with Crippen molar-refractivity contribution in [2.45, 2.75) is 39.0 Å². The number of rotatable bonds is 4. The Morgan fingerprint density at radius 1 is 1.29 bits per heavy atom. The first-order valence-corrected chi connectivity index (χ1v) is 6.66. The Balaban J connectivity index is 1.88. The van der Waals surface area contributed by atoms with Crippen molar-refractivity contribution < 1.29 is 9.53 Å². The fraction of sp³-hybridized carbons (Fsp3) is 0.923. The van der Waals surface area contributed by atoms with E-state index in [0.29, 0.717) is 25.2 Å². The lowest BCUT2D eigenvalue weighted by molar-refractivity contribution is -0.136. The molecule has 2 rings (SSSR count). The molecule has 4 heteroatoms. The van der Waals surface area contributed by atoms with E-state index in [9.17, 15) is 4.79 Å². The Morgan fingerprint density at radius 3 is 2.41 bits per heavy atom. The maximum atomic E-state index is 12.3. The smallest absolute Gasteiger partial charge is 0.227 e. The zero-order valence-electron chi connectivity index (χ0n) is 10.8. The van der Waals surface area contributed by atoms with Crippen molar-refractivity contribution in [2.24, 2.45) is 16.6 Å². The molecule has 1 heterocycles. The molecule has 1 aliphatic heterocycles. The second-order valence-corrected chi connectivity index (χ2v) is 5.94. The first-order valence-electron chi connectivity index (χ1n) is 6.66. The third-order valence-electron chi connectivity index (χ3n) is 4.56. The number of carbonyl (C=O) groups excluding carboxylic acids is 1. The van der Waals surface area contributed by atoms with Crippen LogP contribution in [-0.4, -0.2) is 32.2 Å². The first kappa shape index (κ1) is 12.8. The lowest BCUT2D eigenvalue weighted by atomic mass is 9.70. The maximum Gasteiger partial charge on any atom is 0.227 e. The monoisotopic (exact) mass is 240 g/mol. The standard InChI is InChI=1S/C13H24N2O2/c1-12(3-2-4-12)10-15-11(16)13(9-14)5-7-17-8-6-13/h2-10,14H2,1H3,(H,15,16).